The van der Waals surface area contributed by atoms with Crippen molar-refractivity contribution in [3.05, 3.63) is 182 Å². The largest absolute Gasteiger partial charge is 0.309 e. The molecular formula is C45H30N4. The van der Waals surface area contributed by atoms with Crippen LogP contribution in [0.25, 0.3) is 83.9 Å². The molecule has 4 nitrogen and oxygen atoms in total. The van der Waals surface area contributed by atoms with Crippen LogP contribution in [0.3, 0.4) is 0 Å². The van der Waals surface area contributed by atoms with E-state index in [1.54, 1.807) is 0 Å². The van der Waals surface area contributed by atoms with E-state index in [0.717, 1.165) is 33.4 Å². The van der Waals surface area contributed by atoms with Crippen LogP contribution in [0.5, 0.6) is 0 Å². The maximum absolute atomic E-state index is 5.03. The molecule has 0 atom stereocenters. The maximum atomic E-state index is 5.03. The van der Waals surface area contributed by atoms with E-state index < -0.39 is 0 Å². The molecule has 4 heteroatoms. The van der Waals surface area contributed by atoms with Crippen LogP contribution in [0.15, 0.2) is 182 Å². The quantitative estimate of drug-likeness (QED) is 0.184. The first-order valence-electron chi connectivity index (χ1n) is 16.5. The van der Waals surface area contributed by atoms with E-state index in [0.29, 0.717) is 17.5 Å². The van der Waals surface area contributed by atoms with E-state index in [2.05, 4.69) is 126 Å². The summed E-state index contributed by atoms with van der Waals surface area (Å²) in [4.78, 5) is 15.0. The Morgan fingerprint density at radius 3 is 1.43 bits per heavy atom. The lowest BCUT2D eigenvalue weighted by Crippen LogP contribution is -2.01. The predicted octanol–water partition coefficient (Wildman–Crippen LogP) is 11.3. The van der Waals surface area contributed by atoms with Crippen LogP contribution < -0.4 is 0 Å². The SMILES string of the molecule is c1ccc(-c2cc(-c3ccccc3)c3c(c2)c2ccccc2n3-c2cccc(-c3nc(-c4ccccc4)nc(-c4ccccc4)n3)c2)cc1. The van der Waals surface area contributed by atoms with Crippen LogP contribution >= 0.6 is 0 Å². The summed E-state index contributed by atoms with van der Waals surface area (Å²) in [5, 5.41) is 2.41. The number of benzene rings is 7. The molecule has 2 aromatic heterocycles. The molecule has 0 aliphatic rings. The van der Waals surface area contributed by atoms with E-state index in [4.69, 9.17) is 15.0 Å². The second kappa shape index (κ2) is 12.2. The third-order valence-corrected chi connectivity index (χ3v) is 9.02. The van der Waals surface area contributed by atoms with Gasteiger partial charge in [-0.3, -0.25) is 0 Å². The Hall–Kier alpha value is -6.65. The van der Waals surface area contributed by atoms with Gasteiger partial charge in [0.2, 0.25) is 0 Å². The first-order chi connectivity index (χ1) is 24.3. The van der Waals surface area contributed by atoms with Gasteiger partial charge in [0.25, 0.3) is 0 Å². The van der Waals surface area contributed by atoms with Crippen molar-refractivity contribution in [2.45, 2.75) is 0 Å². The highest BCUT2D eigenvalue weighted by molar-refractivity contribution is 6.15. The molecule has 0 amide bonds. The van der Waals surface area contributed by atoms with E-state index in [9.17, 15) is 0 Å². The summed E-state index contributed by atoms with van der Waals surface area (Å²) in [6, 6.07) is 63.4. The van der Waals surface area contributed by atoms with Gasteiger partial charge in [-0.15, -0.1) is 0 Å². The lowest BCUT2D eigenvalue weighted by molar-refractivity contribution is 1.07. The third kappa shape index (κ3) is 5.26. The van der Waals surface area contributed by atoms with Gasteiger partial charge in [0.1, 0.15) is 0 Å². The molecular weight excluding hydrogens is 597 g/mol. The summed E-state index contributed by atoms with van der Waals surface area (Å²) in [5.74, 6) is 1.92. The standard InChI is InChI=1S/C45H30N4/c1-5-16-31(17-6-1)36-29-39(32-18-7-2-8-19-32)42-40(30-36)38-26-13-14-27-41(38)49(42)37-25-15-24-35(28-37)45-47-43(33-20-9-3-10-21-33)46-44(48-45)34-22-11-4-12-23-34/h1-30H. The van der Waals surface area contributed by atoms with Gasteiger partial charge >= 0.3 is 0 Å². The zero-order valence-corrected chi connectivity index (χ0v) is 26.6. The average Bonchev–Trinajstić information content (AvgIpc) is 3.53. The molecule has 2 heterocycles. The molecule has 0 saturated carbocycles. The van der Waals surface area contributed by atoms with Crippen LogP contribution in [-0.2, 0) is 0 Å². The highest BCUT2D eigenvalue weighted by atomic mass is 15.0. The molecule has 49 heavy (non-hydrogen) atoms. The Kier molecular flexibility index (Phi) is 7.10. The van der Waals surface area contributed by atoms with Gasteiger partial charge in [0.15, 0.2) is 17.5 Å². The lowest BCUT2D eigenvalue weighted by atomic mass is 9.95. The Labute approximate surface area is 284 Å². The normalized spacial score (nSPS) is 11.3. The molecule has 0 radical (unpaired) electrons. The number of rotatable bonds is 6. The van der Waals surface area contributed by atoms with Crippen molar-refractivity contribution in [1.29, 1.82) is 0 Å². The topological polar surface area (TPSA) is 43.6 Å². The predicted molar refractivity (Wildman–Crippen MR) is 201 cm³/mol. The fourth-order valence-corrected chi connectivity index (χ4v) is 6.72. The molecule has 0 bridgehead atoms. The van der Waals surface area contributed by atoms with Gasteiger partial charge in [0.05, 0.1) is 11.0 Å². The van der Waals surface area contributed by atoms with Crippen molar-refractivity contribution in [1.82, 2.24) is 19.5 Å². The number of nitrogens with zero attached hydrogens (tertiary/aromatic N) is 4. The monoisotopic (exact) mass is 626 g/mol. The minimum Gasteiger partial charge on any atom is -0.309 e. The average molecular weight is 627 g/mol. The van der Waals surface area contributed by atoms with Gasteiger partial charge in [-0.2, -0.15) is 0 Å². The summed E-state index contributed by atoms with van der Waals surface area (Å²) in [7, 11) is 0. The van der Waals surface area contributed by atoms with Crippen molar-refractivity contribution in [2.75, 3.05) is 0 Å². The van der Waals surface area contributed by atoms with Gasteiger partial charge in [-0.05, 0) is 47.0 Å². The number of fused-ring (bicyclic) bond motifs is 3. The van der Waals surface area contributed by atoms with Crippen molar-refractivity contribution in [3.63, 3.8) is 0 Å². The Bertz CT molecular complexity index is 2520. The van der Waals surface area contributed by atoms with E-state index >= 15 is 0 Å². The lowest BCUT2D eigenvalue weighted by Gasteiger charge is -2.15. The number of aromatic nitrogens is 4. The minimum absolute atomic E-state index is 0.630. The zero-order valence-electron chi connectivity index (χ0n) is 26.6. The summed E-state index contributed by atoms with van der Waals surface area (Å²) in [6.45, 7) is 0. The van der Waals surface area contributed by atoms with E-state index in [-0.39, 0.29) is 0 Å². The molecule has 9 rings (SSSR count). The number of hydrogen-bond acceptors (Lipinski definition) is 3. The molecule has 0 aliphatic carbocycles. The van der Waals surface area contributed by atoms with Crippen molar-refractivity contribution in [3.8, 4) is 62.1 Å². The molecule has 0 aliphatic heterocycles. The Morgan fingerprint density at radius 1 is 0.327 bits per heavy atom. The molecule has 9 aromatic rings. The second-order valence-corrected chi connectivity index (χ2v) is 12.1. The second-order valence-electron chi connectivity index (χ2n) is 12.1. The third-order valence-electron chi connectivity index (χ3n) is 9.02. The molecule has 0 saturated heterocycles. The van der Waals surface area contributed by atoms with Crippen LogP contribution in [0.1, 0.15) is 0 Å². The summed E-state index contributed by atoms with van der Waals surface area (Å²) >= 11 is 0. The fourth-order valence-electron chi connectivity index (χ4n) is 6.72. The van der Waals surface area contributed by atoms with E-state index in [1.165, 1.54) is 33.0 Å². The van der Waals surface area contributed by atoms with Crippen molar-refractivity contribution in [2.24, 2.45) is 0 Å². The van der Waals surface area contributed by atoms with Gasteiger partial charge in [-0.1, -0.05) is 152 Å². The van der Waals surface area contributed by atoms with Crippen molar-refractivity contribution < 1.29 is 0 Å². The first-order valence-corrected chi connectivity index (χ1v) is 16.5. The summed E-state index contributed by atoms with van der Waals surface area (Å²) < 4.78 is 2.39. The van der Waals surface area contributed by atoms with E-state index in [1.807, 2.05) is 60.7 Å². The molecule has 0 unspecified atom stereocenters. The van der Waals surface area contributed by atoms with Gasteiger partial charge < -0.3 is 4.57 Å². The van der Waals surface area contributed by atoms with Crippen molar-refractivity contribution >= 4 is 21.8 Å². The van der Waals surface area contributed by atoms with Gasteiger partial charge in [0, 0.05) is 38.7 Å². The Balaban J connectivity index is 1.29. The van der Waals surface area contributed by atoms with Crippen LogP contribution in [0.4, 0.5) is 0 Å². The maximum Gasteiger partial charge on any atom is 0.164 e. The smallest absolute Gasteiger partial charge is 0.164 e. The molecule has 0 spiro atoms. The molecule has 0 fully saturated rings. The molecule has 7 aromatic carbocycles. The fraction of sp³-hybridized carbons (Fsp3) is 0. The summed E-state index contributed by atoms with van der Waals surface area (Å²) in [6.07, 6.45) is 0. The van der Waals surface area contributed by atoms with Crippen LogP contribution in [0.2, 0.25) is 0 Å². The van der Waals surface area contributed by atoms with Crippen LogP contribution in [-0.4, -0.2) is 19.5 Å². The van der Waals surface area contributed by atoms with Gasteiger partial charge in [-0.25, -0.2) is 15.0 Å². The Morgan fingerprint density at radius 2 is 0.816 bits per heavy atom. The van der Waals surface area contributed by atoms with Crippen LogP contribution in [0, 0.1) is 0 Å². The highest BCUT2D eigenvalue weighted by Gasteiger charge is 2.19. The number of hydrogen-bond donors (Lipinski definition) is 0. The zero-order chi connectivity index (χ0) is 32.6. The highest BCUT2D eigenvalue weighted by Crippen LogP contribution is 2.41. The minimum atomic E-state index is 0.630. The molecule has 230 valence electrons. The molecule has 0 N–H and O–H groups in total. The first kappa shape index (κ1) is 28.6. The summed E-state index contributed by atoms with van der Waals surface area (Å²) in [5.41, 5.74) is 10.9. The number of para-hydroxylation sites is 1.